The van der Waals surface area contributed by atoms with Crippen molar-refractivity contribution in [2.24, 2.45) is 17.8 Å². The van der Waals surface area contributed by atoms with Crippen LogP contribution in [0.4, 0.5) is 0 Å². The average Bonchev–Trinajstić information content (AvgIpc) is 2.65. The summed E-state index contributed by atoms with van der Waals surface area (Å²) in [5.74, 6) is 3.41. The Balaban J connectivity index is 1.69. The summed E-state index contributed by atoms with van der Waals surface area (Å²) < 4.78 is 17.8. The molecule has 1 aromatic rings. The van der Waals surface area contributed by atoms with Crippen molar-refractivity contribution in [3.05, 3.63) is 34.4 Å². The van der Waals surface area contributed by atoms with Crippen LogP contribution in [0.15, 0.2) is 23.8 Å². The van der Waals surface area contributed by atoms with Crippen LogP contribution in [0.1, 0.15) is 44.6 Å². The number of aliphatic hydroxyl groups excluding tert-OH is 1. The van der Waals surface area contributed by atoms with Crippen LogP contribution >= 0.6 is 11.6 Å². The maximum absolute atomic E-state index is 9.21. The quantitative estimate of drug-likeness (QED) is 0.684. The van der Waals surface area contributed by atoms with Crippen LogP contribution < -0.4 is 4.74 Å². The van der Waals surface area contributed by atoms with Crippen LogP contribution in [0.5, 0.6) is 5.75 Å². The van der Waals surface area contributed by atoms with Crippen LogP contribution in [0, 0.1) is 17.8 Å². The predicted molar refractivity (Wildman–Crippen MR) is 106 cm³/mol. The second-order valence-electron chi connectivity index (χ2n) is 8.17. The van der Waals surface area contributed by atoms with E-state index in [0.29, 0.717) is 35.8 Å². The van der Waals surface area contributed by atoms with Gasteiger partial charge >= 0.3 is 0 Å². The molecule has 2 unspecified atom stereocenters. The Labute approximate surface area is 166 Å². The summed E-state index contributed by atoms with van der Waals surface area (Å²) in [4.78, 5) is 0. The van der Waals surface area contributed by atoms with E-state index in [1.165, 1.54) is 18.4 Å². The Morgan fingerprint density at radius 2 is 1.96 bits per heavy atom. The molecule has 0 spiro atoms. The number of hydrogen-bond acceptors (Lipinski definition) is 4. The SMILES string of the molecule is CCOc1cc(C(OC)=C2C3CC4CC2CC(OCCO)(C4)C3)ccc1Cl. The minimum atomic E-state index is -0.0436. The summed E-state index contributed by atoms with van der Waals surface area (Å²) >= 11 is 6.28. The summed E-state index contributed by atoms with van der Waals surface area (Å²) in [7, 11) is 1.76. The fourth-order valence-corrected chi connectivity index (χ4v) is 6.01. The predicted octanol–water partition coefficient (Wildman–Crippen LogP) is 4.68. The zero-order valence-electron chi connectivity index (χ0n) is 16.2. The molecule has 0 saturated heterocycles. The number of hydrogen-bond donors (Lipinski definition) is 1. The van der Waals surface area contributed by atoms with Gasteiger partial charge in [-0.2, -0.15) is 0 Å². The van der Waals surface area contributed by atoms with E-state index >= 15 is 0 Å². The smallest absolute Gasteiger partial charge is 0.138 e. The molecule has 1 aromatic carbocycles. The molecule has 1 N–H and O–H groups in total. The van der Waals surface area contributed by atoms with Gasteiger partial charge in [-0.1, -0.05) is 11.6 Å². The van der Waals surface area contributed by atoms with Crippen molar-refractivity contribution in [1.29, 1.82) is 0 Å². The lowest BCUT2D eigenvalue weighted by Crippen LogP contribution is -2.53. The Hall–Kier alpha value is -1.23. The van der Waals surface area contributed by atoms with Crippen molar-refractivity contribution in [3.8, 4) is 5.75 Å². The fourth-order valence-electron chi connectivity index (χ4n) is 5.84. The van der Waals surface area contributed by atoms with E-state index in [0.717, 1.165) is 36.5 Å². The summed E-state index contributed by atoms with van der Waals surface area (Å²) in [6.07, 6.45) is 5.65. The number of halogens is 1. The Morgan fingerprint density at radius 1 is 1.22 bits per heavy atom. The normalized spacial score (nSPS) is 31.3. The van der Waals surface area contributed by atoms with Gasteiger partial charge in [0.25, 0.3) is 0 Å². The number of ether oxygens (including phenoxy) is 3. The van der Waals surface area contributed by atoms with Gasteiger partial charge in [0, 0.05) is 5.56 Å². The number of allylic oxidation sites excluding steroid dienone is 1. The van der Waals surface area contributed by atoms with Crippen molar-refractivity contribution >= 4 is 17.4 Å². The van der Waals surface area contributed by atoms with E-state index in [1.54, 1.807) is 7.11 Å². The van der Waals surface area contributed by atoms with Crippen LogP contribution in [0.25, 0.3) is 5.76 Å². The molecule has 0 amide bonds. The van der Waals surface area contributed by atoms with E-state index in [4.69, 9.17) is 25.8 Å². The lowest BCUT2D eigenvalue weighted by molar-refractivity contribution is -0.149. The van der Waals surface area contributed by atoms with E-state index in [9.17, 15) is 5.11 Å². The maximum Gasteiger partial charge on any atom is 0.138 e. The van der Waals surface area contributed by atoms with Crippen LogP contribution in [0.2, 0.25) is 5.02 Å². The first kappa shape index (κ1) is 19.1. The van der Waals surface area contributed by atoms with Crippen molar-refractivity contribution in [2.45, 2.75) is 44.6 Å². The molecular weight excluding hydrogens is 364 g/mol. The van der Waals surface area contributed by atoms with Gasteiger partial charge in [-0.25, -0.2) is 0 Å². The molecule has 27 heavy (non-hydrogen) atoms. The van der Waals surface area contributed by atoms with Crippen molar-refractivity contribution in [1.82, 2.24) is 0 Å². The fraction of sp³-hybridized carbons (Fsp3) is 0.636. The molecule has 4 aliphatic rings. The molecule has 4 bridgehead atoms. The van der Waals surface area contributed by atoms with Gasteiger partial charge in [0.2, 0.25) is 0 Å². The first-order chi connectivity index (χ1) is 13.1. The molecule has 0 heterocycles. The second kappa shape index (κ2) is 7.65. The first-order valence-corrected chi connectivity index (χ1v) is 10.4. The standard InChI is InChI=1S/C22H29ClO4/c1-3-26-19-10-15(4-5-18(19)23)21(25-2)20-16-8-14-9-17(20)13-22(11-14,12-16)27-7-6-24/h4-5,10,14,16-17,24H,3,6-9,11-13H2,1-2H3. The van der Waals surface area contributed by atoms with Crippen molar-refractivity contribution in [3.63, 3.8) is 0 Å². The van der Waals surface area contributed by atoms with Crippen LogP contribution in [-0.2, 0) is 9.47 Å². The minimum Gasteiger partial charge on any atom is -0.496 e. The number of methoxy groups -OCH3 is 1. The van der Waals surface area contributed by atoms with Gasteiger partial charge in [0.05, 0.1) is 37.6 Å². The molecule has 148 valence electrons. The van der Waals surface area contributed by atoms with Gasteiger partial charge in [-0.05, 0) is 80.6 Å². The third-order valence-electron chi connectivity index (χ3n) is 6.47. The number of rotatable bonds is 7. The highest BCUT2D eigenvalue weighted by molar-refractivity contribution is 6.32. The summed E-state index contributed by atoms with van der Waals surface area (Å²) in [6, 6.07) is 5.92. The second-order valence-corrected chi connectivity index (χ2v) is 8.57. The summed E-state index contributed by atoms with van der Waals surface area (Å²) in [6.45, 7) is 3.08. The highest BCUT2D eigenvalue weighted by Crippen LogP contribution is 2.60. The molecule has 4 fully saturated rings. The highest BCUT2D eigenvalue weighted by atomic mass is 35.5. The summed E-state index contributed by atoms with van der Waals surface area (Å²) in [5, 5.41) is 9.84. The zero-order valence-corrected chi connectivity index (χ0v) is 16.9. The Bertz CT molecular complexity index is 711. The molecule has 2 atom stereocenters. The monoisotopic (exact) mass is 392 g/mol. The van der Waals surface area contributed by atoms with Gasteiger partial charge in [0.15, 0.2) is 0 Å². The average molecular weight is 393 g/mol. The van der Waals surface area contributed by atoms with Gasteiger partial charge in [-0.15, -0.1) is 0 Å². The first-order valence-electron chi connectivity index (χ1n) is 10.0. The molecule has 0 radical (unpaired) electrons. The van der Waals surface area contributed by atoms with E-state index < -0.39 is 0 Å². The van der Waals surface area contributed by atoms with Gasteiger partial charge < -0.3 is 19.3 Å². The van der Waals surface area contributed by atoms with E-state index in [2.05, 4.69) is 0 Å². The van der Waals surface area contributed by atoms with Crippen molar-refractivity contribution < 1.29 is 19.3 Å². The highest BCUT2D eigenvalue weighted by Gasteiger charge is 2.55. The van der Waals surface area contributed by atoms with Crippen LogP contribution in [-0.4, -0.2) is 37.6 Å². The van der Waals surface area contributed by atoms with E-state index in [-0.39, 0.29) is 12.2 Å². The number of benzene rings is 1. The molecule has 4 nitrogen and oxygen atoms in total. The third kappa shape index (κ3) is 3.48. The largest absolute Gasteiger partial charge is 0.496 e. The van der Waals surface area contributed by atoms with Gasteiger partial charge in [-0.3, -0.25) is 0 Å². The Morgan fingerprint density at radius 3 is 2.59 bits per heavy atom. The molecular formula is C22H29ClO4. The zero-order chi connectivity index (χ0) is 19.0. The molecule has 5 rings (SSSR count). The van der Waals surface area contributed by atoms with E-state index in [1.807, 2.05) is 25.1 Å². The van der Waals surface area contributed by atoms with Crippen molar-refractivity contribution in [2.75, 3.05) is 26.9 Å². The molecule has 0 aromatic heterocycles. The lowest BCUT2D eigenvalue weighted by Gasteiger charge is -2.57. The maximum atomic E-state index is 9.21. The molecule has 4 saturated carbocycles. The molecule has 5 heteroatoms. The molecule has 4 aliphatic carbocycles. The minimum absolute atomic E-state index is 0.0436. The topological polar surface area (TPSA) is 47.9 Å². The Kier molecular flexibility index (Phi) is 5.41. The lowest BCUT2D eigenvalue weighted by atomic mass is 9.52. The third-order valence-corrected chi connectivity index (χ3v) is 6.78. The molecule has 0 aliphatic heterocycles. The number of aliphatic hydroxyl groups is 1. The van der Waals surface area contributed by atoms with Gasteiger partial charge in [0.1, 0.15) is 11.5 Å². The van der Waals surface area contributed by atoms with Crippen LogP contribution in [0.3, 0.4) is 0 Å². The summed E-state index contributed by atoms with van der Waals surface area (Å²) in [5.41, 5.74) is 2.44.